The Morgan fingerprint density at radius 1 is 1.60 bits per heavy atom. The highest BCUT2D eigenvalue weighted by atomic mass is 16.6. The van der Waals surface area contributed by atoms with Gasteiger partial charge in [-0.15, -0.1) is 0 Å². The van der Waals surface area contributed by atoms with Crippen molar-refractivity contribution in [2.45, 2.75) is 19.3 Å². The predicted octanol–water partition coefficient (Wildman–Crippen LogP) is 1.36. The van der Waals surface area contributed by atoms with Gasteiger partial charge in [0.25, 0.3) is 0 Å². The van der Waals surface area contributed by atoms with Crippen LogP contribution in [0.2, 0.25) is 0 Å². The number of ketones is 1. The lowest BCUT2D eigenvalue weighted by Gasteiger charge is -2.45. The number of ether oxygens (including phenoxy) is 1. The molecule has 82 valence electrons. The Bertz CT molecular complexity index is 305. The van der Waals surface area contributed by atoms with Gasteiger partial charge in [-0.25, -0.2) is 4.79 Å². The van der Waals surface area contributed by atoms with Crippen LogP contribution < -0.4 is 0 Å². The fraction of sp³-hybridized carbons (Fsp3) is 0.636. The molecule has 2 rings (SSSR count). The molecule has 2 fully saturated rings. The Morgan fingerprint density at radius 3 is 2.87 bits per heavy atom. The first kappa shape index (κ1) is 10.2. The van der Waals surface area contributed by atoms with Gasteiger partial charge in [-0.2, -0.15) is 0 Å². The lowest BCUT2D eigenvalue weighted by Crippen LogP contribution is -2.60. The van der Waals surface area contributed by atoms with Crippen molar-refractivity contribution in [3.63, 3.8) is 0 Å². The van der Waals surface area contributed by atoms with E-state index in [1.807, 2.05) is 0 Å². The topological polar surface area (TPSA) is 46.6 Å². The van der Waals surface area contributed by atoms with Gasteiger partial charge in [0, 0.05) is 19.5 Å². The van der Waals surface area contributed by atoms with Gasteiger partial charge >= 0.3 is 6.09 Å². The maximum atomic E-state index is 11.6. The van der Waals surface area contributed by atoms with Crippen LogP contribution in [-0.4, -0.2) is 36.5 Å². The van der Waals surface area contributed by atoms with Crippen LogP contribution in [0.3, 0.4) is 0 Å². The van der Waals surface area contributed by atoms with Gasteiger partial charge < -0.3 is 9.64 Å². The first-order valence-electron chi connectivity index (χ1n) is 5.24. The highest BCUT2D eigenvalue weighted by Crippen LogP contribution is 2.42. The molecule has 0 radical (unpaired) electrons. The molecule has 0 aromatic heterocycles. The van der Waals surface area contributed by atoms with Crippen LogP contribution in [0, 0.1) is 5.41 Å². The third kappa shape index (κ3) is 1.64. The fourth-order valence-electron chi connectivity index (χ4n) is 2.36. The summed E-state index contributed by atoms with van der Waals surface area (Å²) in [6.07, 6.45) is 3.77. The summed E-state index contributed by atoms with van der Waals surface area (Å²) in [6, 6.07) is 0. The van der Waals surface area contributed by atoms with Gasteiger partial charge in [-0.3, -0.25) is 4.79 Å². The quantitative estimate of drug-likeness (QED) is 0.645. The molecule has 1 saturated heterocycles. The molecule has 0 aromatic carbocycles. The summed E-state index contributed by atoms with van der Waals surface area (Å²) >= 11 is 0. The third-order valence-corrected chi connectivity index (χ3v) is 3.22. The number of carbonyl (C=O) groups is 2. The molecule has 1 saturated carbocycles. The highest BCUT2D eigenvalue weighted by molar-refractivity contribution is 5.90. The second kappa shape index (κ2) is 3.68. The van der Waals surface area contributed by atoms with Crippen molar-refractivity contribution < 1.29 is 14.3 Å². The minimum absolute atomic E-state index is 0.215. The Labute approximate surface area is 88.9 Å². The summed E-state index contributed by atoms with van der Waals surface area (Å²) in [5.74, 6) is 0.315. The monoisotopic (exact) mass is 209 g/mol. The summed E-state index contributed by atoms with van der Waals surface area (Å²) < 4.78 is 4.89. The van der Waals surface area contributed by atoms with E-state index in [2.05, 4.69) is 6.58 Å². The molecule has 0 atom stereocenters. The van der Waals surface area contributed by atoms with Crippen LogP contribution in [-0.2, 0) is 9.53 Å². The molecule has 1 aliphatic carbocycles. The summed E-state index contributed by atoms with van der Waals surface area (Å²) in [6.45, 7) is 4.79. The van der Waals surface area contributed by atoms with Crippen LogP contribution >= 0.6 is 0 Å². The van der Waals surface area contributed by atoms with Crippen molar-refractivity contribution >= 4 is 11.9 Å². The molecule has 0 N–H and O–H groups in total. The first-order valence-corrected chi connectivity index (χ1v) is 5.24. The molecule has 1 spiro atoms. The lowest BCUT2D eigenvalue weighted by molar-refractivity contribution is -0.133. The van der Waals surface area contributed by atoms with Gasteiger partial charge in [-0.05, 0) is 12.8 Å². The van der Waals surface area contributed by atoms with Crippen molar-refractivity contribution in [2.24, 2.45) is 5.41 Å². The molecule has 15 heavy (non-hydrogen) atoms. The van der Waals surface area contributed by atoms with E-state index >= 15 is 0 Å². The first-order chi connectivity index (χ1) is 7.18. The minimum Gasteiger partial charge on any atom is -0.445 e. The lowest BCUT2D eigenvalue weighted by atomic mass is 9.78. The van der Waals surface area contributed by atoms with E-state index in [9.17, 15) is 9.59 Å². The summed E-state index contributed by atoms with van der Waals surface area (Å²) in [4.78, 5) is 24.5. The third-order valence-electron chi connectivity index (χ3n) is 3.22. The van der Waals surface area contributed by atoms with Crippen LogP contribution in [0.4, 0.5) is 4.79 Å². The standard InChI is InChI=1S/C11H15NO3/c1-2-6-15-10(14)12-7-11(8-12)5-3-4-9(11)13/h2H,1,3-8H2. The molecule has 0 aromatic rings. The molecule has 1 heterocycles. The average Bonchev–Trinajstić information content (AvgIpc) is 2.54. The Kier molecular flexibility index (Phi) is 2.50. The van der Waals surface area contributed by atoms with Gasteiger partial charge in [0.1, 0.15) is 12.4 Å². The largest absolute Gasteiger partial charge is 0.445 e. The van der Waals surface area contributed by atoms with E-state index in [1.165, 1.54) is 6.08 Å². The molecule has 2 aliphatic rings. The van der Waals surface area contributed by atoms with Crippen LogP contribution in [0.25, 0.3) is 0 Å². The zero-order valence-corrected chi connectivity index (χ0v) is 8.70. The predicted molar refractivity (Wildman–Crippen MR) is 54.4 cm³/mol. The number of amides is 1. The van der Waals surface area contributed by atoms with Crippen LogP contribution in [0.1, 0.15) is 19.3 Å². The van der Waals surface area contributed by atoms with Gasteiger partial charge in [0.15, 0.2) is 0 Å². The maximum Gasteiger partial charge on any atom is 0.410 e. The Balaban J connectivity index is 1.84. The zero-order chi connectivity index (χ0) is 10.9. The molecule has 1 aliphatic heterocycles. The average molecular weight is 209 g/mol. The van der Waals surface area contributed by atoms with E-state index in [4.69, 9.17) is 4.74 Å². The number of hydrogen-bond donors (Lipinski definition) is 0. The van der Waals surface area contributed by atoms with Gasteiger partial charge in [-0.1, -0.05) is 12.7 Å². The highest BCUT2D eigenvalue weighted by Gasteiger charge is 2.52. The molecule has 1 amide bonds. The van der Waals surface area contributed by atoms with E-state index < -0.39 is 0 Å². The van der Waals surface area contributed by atoms with E-state index in [0.29, 0.717) is 25.3 Å². The van der Waals surface area contributed by atoms with Crippen molar-refractivity contribution in [1.82, 2.24) is 4.90 Å². The Hall–Kier alpha value is -1.32. The second-order valence-electron chi connectivity index (χ2n) is 4.28. The molecule has 0 unspecified atom stereocenters. The molecular weight excluding hydrogens is 194 g/mol. The van der Waals surface area contributed by atoms with E-state index in [-0.39, 0.29) is 18.1 Å². The fourth-order valence-corrected chi connectivity index (χ4v) is 2.36. The van der Waals surface area contributed by atoms with Crippen molar-refractivity contribution in [3.8, 4) is 0 Å². The van der Waals surface area contributed by atoms with Gasteiger partial charge in [0.05, 0.1) is 5.41 Å². The molecule has 0 bridgehead atoms. The van der Waals surface area contributed by atoms with Crippen molar-refractivity contribution in [2.75, 3.05) is 19.7 Å². The number of rotatable bonds is 2. The van der Waals surface area contributed by atoms with Crippen LogP contribution in [0.5, 0.6) is 0 Å². The molecule has 4 nitrogen and oxygen atoms in total. The molecular formula is C11H15NO3. The van der Waals surface area contributed by atoms with Crippen molar-refractivity contribution in [3.05, 3.63) is 12.7 Å². The maximum absolute atomic E-state index is 11.6. The number of carbonyl (C=O) groups excluding carboxylic acids is 2. The van der Waals surface area contributed by atoms with Crippen LogP contribution in [0.15, 0.2) is 12.7 Å². The van der Waals surface area contributed by atoms with Crippen molar-refractivity contribution in [1.29, 1.82) is 0 Å². The smallest absolute Gasteiger partial charge is 0.410 e. The minimum atomic E-state index is -0.333. The Morgan fingerprint density at radius 2 is 2.33 bits per heavy atom. The second-order valence-corrected chi connectivity index (χ2v) is 4.28. The summed E-state index contributed by atoms with van der Waals surface area (Å²) in [5, 5.41) is 0. The zero-order valence-electron chi connectivity index (χ0n) is 8.70. The number of likely N-dealkylation sites (tertiary alicyclic amines) is 1. The summed E-state index contributed by atoms with van der Waals surface area (Å²) in [5.41, 5.74) is -0.215. The van der Waals surface area contributed by atoms with E-state index in [1.54, 1.807) is 4.90 Å². The SMILES string of the molecule is C=CCOC(=O)N1CC2(CCCC2=O)C1. The summed E-state index contributed by atoms with van der Waals surface area (Å²) in [7, 11) is 0. The number of nitrogens with zero attached hydrogens (tertiary/aromatic N) is 1. The van der Waals surface area contributed by atoms with Gasteiger partial charge in [0.2, 0.25) is 0 Å². The number of Topliss-reactive ketones (excluding diaryl/α,β-unsaturated/α-hetero) is 1. The number of hydrogen-bond acceptors (Lipinski definition) is 3. The normalized spacial score (nSPS) is 22.7. The van der Waals surface area contributed by atoms with E-state index in [0.717, 1.165) is 12.8 Å². The molecule has 4 heteroatoms.